The van der Waals surface area contributed by atoms with E-state index in [0.717, 1.165) is 11.3 Å². The van der Waals surface area contributed by atoms with Gasteiger partial charge in [0, 0.05) is 17.8 Å². The first kappa shape index (κ1) is 15.6. The number of carbonyl (C=O) groups excluding carboxylic acids is 1. The molecule has 0 fully saturated rings. The van der Waals surface area contributed by atoms with E-state index in [9.17, 15) is 4.79 Å². The number of nitrogens with one attached hydrogen (secondary N) is 2. The van der Waals surface area contributed by atoms with Crippen molar-refractivity contribution in [2.24, 2.45) is 0 Å². The molecule has 1 heterocycles. The SMILES string of the molecule is CC(=O)c1cccc(Nc2nncc(NCc3ccccc3)n2)c1. The van der Waals surface area contributed by atoms with Gasteiger partial charge in [0.25, 0.3) is 0 Å². The van der Waals surface area contributed by atoms with Gasteiger partial charge in [-0.1, -0.05) is 42.5 Å². The number of rotatable bonds is 6. The van der Waals surface area contributed by atoms with Gasteiger partial charge in [-0.15, -0.1) is 5.10 Å². The molecule has 0 bridgehead atoms. The highest BCUT2D eigenvalue weighted by atomic mass is 16.1. The van der Waals surface area contributed by atoms with Crippen LogP contribution >= 0.6 is 0 Å². The molecule has 0 unspecified atom stereocenters. The van der Waals surface area contributed by atoms with Crippen molar-refractivity contribution in [3.05, 3.63) is 71.9 Å². The Bertz CT molecular complexity index is 836. The number of carbonyl (C=O) groups is 1. The summed E-state index contributed by atoms with van der Waals surface area (Å²) in [6.07, 6.45) is 1.57. The van der Waals surface area contributed by atoms with E-state index in [0.29, 0.717) is 23.9 Å². The molecule has 0 aliphatic carbocycles. The molecule has 24 heavy (non-hydrogen) atoms. The highest BCUT2D eigenvalue weighted by Crippen LogP contribution is 2.16. The van der Waals surface area contributed by atoms with Crippen molar-refractivity contribution in [3.63, 3.8) is 0 Å². The lowest BCUT2D eigenvalue weighted by molar-refractivity contribution is 0.101. The first-order valence-electron chi connectivity index (χ1n) is 7.56. The molecule has 3 aromatic rings. The van der Waals surface area contributed by atoms with Crippen molar-refractivity contribution in [3.8, 4) is 0 Å². The Hall–Kier alpha value is -3.28. The summed E-state index contributed by atoms with van der Waals surface area (Å²) in [5.41, 5.74) is 2.52. The molecule has 0 atom stereocenters. The van der Waals surface area contributed by atoms with Gasteiger partial charge in [0.2, 0.25) is 5.95 Å². The molecule has 0 spiro atoms. The van der Waals surface area contributed by atoms with Crippen LogP contribution in [0.1, 0.15) is 22.8 Å². The summed E-state index contributed by atoms with van der Waals surface area (Å²) in [4.78, 5) is 15.8. The molecule has 120 valence electrons. The Balaban J connectivity index is 1.69. The van der Waals surface area contributed by atoms with Crippen LogP contribution in [0, 0.1) is 0 Å². The van der Waals surface area contributed by atoms with Crippen LogP contribution in [-0.2, 0) is 6.54 Å². The van der Waals surface area contributed by atoms with Gasteiger partial charge in [0.05, 0.1) is 6.20 Å². The average molecular weight is 319 g/mol. The van der Waals surface area contributed by atoms with Crippen LogP contribution < -0.4 is 10.6 Å². The van der Waals surface area contributed by atoms with Crippen LogP contribution in [0.15, 0.2) is 60.8 Å². The third-order valence-corrected chi connectivity index (χ3v) is 3.40. The van der Waals surface area contributed by atoms with Gasteiger partial charge in [-0.3, -0.25) is 4.79 Å². The molecule has 0 saturated heterocycles. The van der Waals surface area contributed by atoms with E-state index in [-0.39, 0.29) is 5.78 Å². The van der Waals surface area contributed by atoms with E-state index < -0.39 is 0 Å². The molecule has 0 radical (unpaired) electrons. The monoisotopic (exact) mass is 319 g/mol. The number of benzene rings is 2. The zero-order valence-electron chi connectivity index (χ0n) is 13.2. The average Bonchev–Trinajstić information content (AvgIpc) is 2.61. The largest absolute Gasteiger partial charge is 0.365 e. The first-order chi connectivity index (χ1) is 11.7. The molecule has 0 amide bonds. The van der Waals surface area contributed by atoms with Crippen molar-refractivity contribution in [1.82, 2.24) is 15.2 Å². The van der Waals surface area contributed by atoms with Gasteiger partial charge < -0.3 is 10.6 Å². The van der Waals surface area contributed by atoms with Gasteiger partial charge in [0.1, 0.15) is 0 Å². The lowest BCUT2D eigenvalue weighted by Crippen LogP contribution is -2.05. The molecule has 0 aliphatic heterocycles. The lowest BCUT2D eigenvalue weighted by atomic mass is 10.1. The van der Waals surface area contributed by atoms with Gasteiger partial charge in [-0.05, 0) is 24.6 Å². The van der Waals surface area contributed by atoms with Crippen LogP contribution in [0.5, 0.6) is 0 Å². The van der Waals surface area contributed by atoms with Crippen molar-refractivity contribution >= 4 is 23.2 Å². The van der Waals surface area contributed by atoms with E-state index >= 15 is 0 Å². The number of hydrogen-bond donors (Lipinski definition) is 2. The minimum absolute atomic E-state index is 0.0102. The molecule has 6 heteroatoms. The molecular weight excluding hydrogens is 302 g/mol. The third-order valence-electron chi connectivity index (χ3n) is 3.40. The number of nitrogens with zero attached hydrogens (tertiary/aromatic N) is 3. The summed E-state index contributed by atoms with van der Waals surface area (Å²) < 4.78 is 0. The predicted octanol–water partition coefficient (Wildman–Crippen LogP) is 3.43. The van der Waals surface area contributed by atoms with E-state index in [1.807, 2.05) is 42.5 Å². The summed E-state index contributed by atoms with van der Waals surface area (Å²) in [5, 5.41) is 14.2. The Labute approximate surface area is 140 Å². The Kier molecular flexibility index (Phi) is 4.76. The summed E-state index contributed by atoms with van der Waals surface area (Å²) in [6, 6.07) is 17.2. The minimum atomic E-state index is 0.0102. The summed E-state index contributed by atoms with van der Waals surface area (Å²) in [7, 11) is 0. The Morgan fingerprint density at radius 1 is 1.08 bits per heavy atom. The molecule has 3 rings (SSSR count). The van der Waals surface area contributed by atoms with Crippen molar-refractivity contribution < 1.29 is 4.79 Å². The lowest BCUT2D eigenvalue weighted by Gasteiger charge is -2.08. The van der Waals surface area contributed by atoms with Gasteiger partial charge >= 0.3 is 0 Å². The second-order valence-corrected chi connectivity index (χ2v) is 5.27. The molecule has 0 saturated carbocycles. The van der Waals surface area contributed by atoms with E-state index in [2.05, 4.69) is 25.8 Å². The van der Waals surface area contributed by atoms with Crippen molar-refractivity contribution in [2.45, 2.75) is 13.5 Å². The molecule has 0 aliphatic rings. The summed E-state index contributed by atoms with van der Waals surface area (Å²) in [5.74, 6) is 1.00. The predicted molar refractivity (Wildman–Crippen MR) is 93.3 cm³/mol. The van der Waals surface area contributed by atoms with Crippen LogP contribution in [0.2, 0.25) is 0 Å². The highest BCUT2D eigenvalue weighted by Gasteiger charge is 2.04. The second kappa shape index (κ2) is 7.32. The van der Waals surface area contributed by atoms with Gasteiger partial charge in [-0.2, -0.15) is 10.1 Å². The van der Waals surface area contributed by atoms with Crippen LogP contribution in [-0.4, -0.2) is 21.0 Å². The first-order valence-corrected chi connectivity index (χ1v) is 7.56. The smallest absolute Gasteiger partial charge is 0.249 e. The van der Waals surface area contributed by atoms with E-state index in [1.165, 1.54) is 6.92 Å². The Morgan fingerprint density at radius 3 is 2.71 bits per heavy atom. The maximum absolute atomic E-state index is 11.4. The van der Waals surface area contributed by atoms with Gasteiger partial charge in [-0.25, -0.2) is 0 Å². The fourth-order valence-corrected chi connectivity index (χ4v) is 2.18. The van der Waals surface area contributed by atoms with E-state index in [1.54, 1.807) is 18.3 Å². The minimum Gasteiger partial charge on any atom is -0.365 e. The number of hydrogen-bond acceptors (Lipinski definition) is 6. The van der Waals surface area contributed by atoms with Crippen LogP contribution in [0.3, 0.4) is 0 Å². The molecule has 2 N–H and O–H groups in total. The molecule has 6 nitrogen and oxygen atoms in total. The van der Waals surface area contributed by atoms with E-state index in [4.69, 9.17) is 0 Å². The molecule has 2 aromatic carbocycles. The number of ketones is 1. The standard InChI is InChI=1S/C18H17N5O/c1-13(24)15-8-5-9-16(10-15)21-18-22-17(12-20-23-18)19-11-14-6-3-2-4-7-14/h2-10,12H,11H2,1H3,(H2,19,21,22,23). The Morgan fingerprint density at radius 2 is 1.92 bits per heavy atom. The topological polar surface area (TPSA) is 79.8 Å². The molecular formula is C18H17N5O. The number of Topliss-reactive ketones (excluding diaryl/α,β-unsaturated/α-hetero) is 1. The zero-order chi connectivity index (χ0) is 16.8. The number of aromatic nitrogens is 3. The quantitative estimate of drug-likeness (QED) is 0.678. The summed E-state index contributed by atoms with van der Waals surface area (Å²) in [6.45, 7) is 2.18. The maximum atomic E-state index is 11.4. The van der Waals surface area contributed by atoms with Crippen molar-refractivity contribution in [1.29, 1.82) is 0 Å². The van der Waals surface area contributed by atoms with Crippen LogP contribution in [0.4, 0.5) is 17.5 Å². The maximum Gasteiger partial charge on any atom is 0.249 e. The van der Waals surface area contributed by atoms with Crippen LogP contribution in [0.25, 0.3) is 0 Å². The summed E-state index contributed by atoms with van der Waals surface area (Å²) >= 11 is 0. The third kappa shape index (κ3) is 4.13. The fourth-order valence-electron chi connectivity index (χ4n) is 2.18. The normalized spacial score (nSPS) is 10.2. The second-order valence-electron chi connectivity index (χ2n) is 5.27. The highest BCUT2D eigenvalue weighted by molar-refractivity contribution is 5.95. The van der Waals surface area contributed by atoms with Gasteiger partial charge in [0.15, 0.2) is 11.6 Å². The fraction of sp³-hybridized carbons (Fsp3) is 0.111. The molecule has 1 aromatic heterocycles. The number of anilines is 3. The zero-order valence-corrected chi connectivity index (χ0v) is 13.2. The van der Waals surface area contributed by atoms with Crippen molar-refractivity contribution in [2.75, 3.05) is 10.6 Å².